The van der Waals surface area contributed by atoms with E-state index in [1.54, 1.807) is 17.5 Å². The van der Waals surface area contributed by atoms with Gasteiger partial charge in [-0.15, -0.1) is 0 Å². The molecule has 1 rings (SSSR count). The van der Waals surface area contributed by atoms with Crippen molar-refractivity contribution in [1.29, 1.82) is 0 Å². The third-order valence-electron chi connectivity index (χ3n) is 2.49. The molecule has 0 bridgehead atoms. The summed E-state index contributed by atoms with van der Waals surface area (Å²) in [7, 11) is 0. The third-order valence-corrected chi connectivity index (χ3v) is 2.98. The minimum Gasteiger partial charge on any atom is -0.315 e. The summed E-state index contributed by atoms with van der Waals surface area (Å²) in [4.78, 5) is 0. The number of nitrogens with one attached hydrogen (secondary N) is 2. The molecule has 0 aromatic rings. The Labute approximate surface area is 97.7 Å². The van der Waals surface area contributed by atoms with Crippen LogP contribution in [0.25, 0.3) is 0 Å². The van der Waals surface area contributed by atoms with E-state index in [1.165, 1.54) is 19.3 Å². The zero-order valence-electron chi connectivity index (χ0n) is 9.59. The Hall–Kier alpha value is -0.250. The van der Waals surface area contributed by atoms with Gasteiger partial charge in [-0.1, -0.05) is 35.7 Å². The summed E-state index contributed by atoms with van der Waals surface area (Å²) in [6.45, 7) is 3.25. The van der Waals surface area contributed by atoms with Gasteiger partial charge in [0.25, 0.3) is 0 Å². The van der Waals surface area contributed by atoms with E-state index < -0.39 is 0 Å². The second-order valence-electron chi connectivity index (χ2n) is 3.73. The first-order valence-electron chi connectivity index (χ1n) is 5.73. The lowest BCUT2D eigenvalue weighted by atomic mass is 10.0. The number of hydrogen-bond donors (Lipinski definition) is 2. The lowest BCUT2D eigenvalue weighted by molar-refractivity contribution is 0.640. The molecule has 0 spiro atoms. The Morgan fingerprint density at radius 1 is 1.27 bits per heavy atom. The summed E-state index contributed by atoms with van der Waals surface area (Å²) in [5.74, 6) is 0. The molecule has 86 valence electrons. The van der Waals surface area contributed by atoms with E-state index in [-0.39, 0.29) is 0 Å². The molecule has 2 nitrogen and oxygen atoms in total. The second kappa shape index (κ2) is 9.01. The van der Waals surface area contributed by atoms with Crippen LogP contribution in [0.3, 0.4) is 0 Å². The highest BCUT2D eigenvalue weighted by atomic mass is 32.2. The molecule has 0 aromatic heterocycles. The van der Waals surface area contributed by atoms with E-state index in [1.807, 2.05) is 0 Å². The molecule has 0 fully saturated rings. The van der Waals surface area contributed by atoms with Crippen molar-refractivity contribution in [3.05, 3.63) is 23.8 Å². The maximum Gasteiger partial charge on any atom is 0.0184 e. The Kier molecular flexibility index (Phi) is 7.70. The molecule has 15 heavy (non-hydrogen) atoms. The lowest BCUT2D eigenvalue weighted by Gasteiger charge is -2.09. The van der Waals surface area contributed by atoms with E-state index in [2.05, 4.69) is 34.5 Å². The van der Waals surface area contributed by atoms with Crippen molar-refractivity contribution in [2.45, 2.75) is 25.7 Å². The predicted molar refractivity (Wildman–Crippen MR) is 70.1 cm³/mol. The minimum atomic E-state index is 1.05. The largest absolute Gasteiger partial charge is 0.315 e. The molecule has 1 aliphatic carbocycles. The molecule has 0 heterocycles. The summed E-state index contributed by atoms with van der Waals surface area (Å²) >= 11 is 1.68. The van der Waals surface area contributed by atoms with Crippen molar-refractivity contribution < 1.29 is 0 Å². The average molecular weight is 226 g/mol. The highest BCUT2D eigenvalue weighted by molar-refractivity contribution is 7.96. The van der Waals surface area contributed by atoms with Crippen molar-refractivity contribution in [1.82, 2.24) is 10.0 Å². The summed E-state index contributed by atoms with van der Waals surface area (Å²) in [6, 6.07) is 0. The molecule has 0 saturated heterocycles. The quantitative estimate of drug-likeness (QED) is 0.378. The maximum absolute atomic E-state index is 3.44. The van der Waals surface area contributed by atoms with E-state index in [9.17, 15) is 0 Å². The SMILES string of the molecule is CSNCCNCCCC1=CCC=CC1. The van der Waals surface area contributed by atoms with Gasteiger partial charge in [0.15, 0.2) is 0 Å². The highest BCUT2D eigenvalue weighted by Crippen LogP contribution is 2.15. The van der Waals surface area contributed by atoms with Crippen molar-refractivity contribution in [2.75, 3.05) is 25.9 Å². The van der Waals surface area contributed by atoms with Gasteiger partial charge in [0.05, 0.1) is 0 Å². The van der Waals surface area contributed by atoms with Gasteiger partial charge in [0.2, 0.25) is 0 Å². The fourth-order valence-corrected chi connectivity index (χ4v) is 1.97. The van der Waals surface area contributed by atoms with Crippen LogP contribution in [0.15, 0.2) is 23.8 Å². The molecule has 0 atom stereocenters. The molecular formula is C12H22N2S. The molecule has 0 radical (unpaired) electrons. The number of rotatable bonds is 8. The van der Waals surface area contributed by atoms with Crippen molar-refractivity contribution in [2.24, 2.45) is 0 Å². The van der Waals surface area contributed by atoms with Crippen LogP contribution in [0, 0.1) is 0 Å². The van der Waals surface area contributed by atoms with Crippen LogP contribution in [-0.2, 0) is 0 Å². The molecule has 2 N–H and O–H groups in total. The smallest absolute Gasteiger partial charge is 0.0184 e. The standard InChI is InChI=1S/C12H22N2S/c1-15-14-11-10-13-9-5-8-12-6-3-2-4-7-12/h2-3,7,13-14H,4-6,8-11H2,1H3. The summed E-state index contributed by atoms with van der Waals surface area (Å²) < 4.78 is 3.22. The second-order valence-corrected chi connectivity index (χ2v) is 4.42. The number of hydrogen-bond acceptors (Lipinski definition) is 3. The lowest BCUT2D eigenvalue weighted by Crippen LogP contribution is -2.24. The van der Waals surface area contributed by atoms with E-state index in [0.717, 1.165) is 26.1 Å². The van der Waals surface area contributed by atoms with Crippen LogP contribution >= 0.6 is 11.9 Å². The molecule has 0 saturated carbocycles. The van der Waals surface area contributed by atoms with Gasteiger partial charge in [-0.25, -0.2) is 0 Å². The summed E-state index contributed by atoms with van der Waals surface area (Å²) in [5.41, 5.74) is 1.61. The van der Waals surface area contributed by atoms with Gasteiger partial charge in [0, 0.05) is 13.1 Å². The van der Waals surface area contributed by atoms with Gasteiger partial charge in [-0.2, -0.15) is 0 Å². The van der Waals surface area contributed by atoms with E-state index in [4.69, 9.17) is 0 Å². The van der Waals surface area contributed by atoms with Gasteiger partial charge < -0.3 is 5.32 Å². The Bertz CT molecular complexity index is 212. The first kappa shape index (κ1) is 12.8. The average Bonchev–Trinajstić information content (AvgIpc) is 2.29. The summed E-state index contributed by atoms with van der Waals surface area (Å²) in [5, 5.41) is 3.44. The van der Waals surface area contributed by atoms with Crippen molar-refractivity contribution in [3.8, 4) is 0 Å². The molecule has 0 unspecified atom stereocenters. The van der Waals surface area contributed by atoms with Crippen molar-refractivity contribution >= 4 is 11.9 Å². The van der Waals surface area contributed by atoms with Gasteiger partial charge in [-0.3, -0.25) is 4.72 Å². The Balaban J connectivity index is 1.86. The molecule has 0 aliphatic heterocycles. The molecule has 3 heteroatoms. The Morgan fingerprint density at radius 3 is 2.93 bits per heavy atom. The van der Waals surface area contributed by atoms with Crippen LogP contribution in [-0.4, -0.2) is 25.9 Å². The molecule has 0 amide bonds. The normalized spacial score (nSPS) is 15.4. The van der Waals surface area contributed by atoms with Gasteiger partial charge in [-0.05, 0) is 38.5 Å². The monoisotopic (exact) mass is 226 g/mol. The van der Waals surface area contributed by atoms with Crippen LogP contribution < -0.4 is 10.0 Å². The fourth-order valence-electron chi connectivity index (χ4n) is 1.66. The first-order valence-corrected chi connectivity index (χ1v) is 6.95. The van der Waals surface area contributed by atoms with Gasteiger partial charge >= 0.3 is 0 Å². The fraction of sp³-hybridized carbons (Fsp3) is 0.667. The zero-order valence-corrected chi connectivity index (χ0v) is 10.4. The van der Waals surface area contributed by atoms with Crippen molar-refractivity contribution in [3.63, 3.8) is 0 Å². The molecular weight excluding hydrogens is 204 g/mol. The van der Waals surface area contributed by atoms with Crippen LogP contribution in [0.4, 0.5) is 0 Å². The predicted octanol–water partition coefficient (Wildman–Crippen LogP) is 2.50. The zero-order chi connectivity index (χ0) is 10.8. The van der Waals surface area contributed by atoms with E-state index >= 15 is 0 Å². The first-order chi connectivity index (χ1) is 7.43. The molecule has 0 aromatic carbocycles. The molecule has 1 aliphatic rings. The Morgan fingerprint density at radius 2 is 2.20 bits per heavy atom. The summed E-state index contributed by atoms with van der Waals surface area (Å²) in [6.07, 6.45) is 13.8. The van der Waals surface area contributed by atoms with Crippen LogP contribution in [0.5, 0.6) is 0 Å². The van der Waals surface area contributed by atoms with Crippen LogP contribution in [0.2, 0.25) is 0 Å². The number of allylic oxidation sites excluding steroid dienone is 4. The third kappa shape index (κ3) is 6.77. The van der Waals surface area contributed by atoms with E-state index in [0.29, 0.717) is 0 Å². The highest BCUT2D eigenvalue weighted by Gasteiger charge is 1.98. The topological polar surface area (TPSA) is 24.1 Å². The minimum absolute atomic E-state index is 1.05. The van der Waals surface area contributed by atoms with Gasteiger partial charge in [0.1, 0.15) is 0 Å². The maximum atomic E-state index is 3.44. The van der Waals surface area contributed by atoms with Crippen LogP contribution in [0.1, 0.15) is 25.7 Å².